The van der Waals surface area contributed by atoms with Crippen molar-refractivity contribution in [2.75, 3.05) is 0 Å². The van der Waals surface area contributed by atoms with Gasteiger partial charge in [0.1, 0.15) is 22.9 Å². The van der Waals surface area contributed by atoms with Gasteiger partial charge >= 0.3 is 0 Å². The van der Waals surface area contributed by atoms with Crippen molar-refractivity contribution in [2.24, 2.45) is 7.05 Å². The van der Waals surface area contributed by atoms with Gasteiger partial charge in [0.25, 0.3) is 5.56 Å². The average Bonchev–Trinajstić information content (AvgIpc) is 2.81. The predicted molar refractivity (Wildman–Crippen MR) is 67.9 cm³/mol. The van der Waals surface area contributed by atoms with E-state index in [1.807, 2.05) is 0 Å². The monoisotopic (exact) mass is 277 g/mol. The van der Waals surface area contributed by atoms with Crippen LogP contribution in [0.1, 0.15) is 0 Å². The molecular weight excluding hydrogens is 268 g/mol. The highest BCUT2D eigenvalue weighted by atomic mass is 19.1. The molecule has 0 amide bonds. The molecule has 3 aromatic rings. The van der Waals surface area contributed by atoms with Gasteiger partial charge in [0, 0.05) is 19.2 Å². The molecule has 102 valence electrons. The molecule has 20 heavy (non-hydrogen) atoms. The Morgan fingerprint density at radius 3 is 2.70 bits per heavy atom. The fourth-order valence-corrected chi connectivity index (χ4v) is 2.07. The number of aryl methyl sites for hydroxylation is 1. The summed E-state index contributed by atoms with van der Waals surface area (Å²) in [5, 5.41) is 14.0. The minimum atomic E-state index is -0.814. The number of hydrogen-bond acceptors (Lipinski definition) is 3. The first-order valence-corrected chi connectivity index (χ1v) is 5.71. The van der Waals surface area contributed by atoms with Crippen molar-refractivity contribution in [2.45, 2.75) is 0 Å². The van der Waals surface area contributed by atoms with Gasteiger partial charge in [-0.1, -0.05) is 0 Å². The second-order valence-electron chi connectivity index (χ2n) is 4.32. The maximum Gasteiger partial charge on any atom is 0.255 e. The number of rotatable bonds is 1. The molecule has 0 spiro atoms. The minimum absolute atomic E-state index is 0.0120. The molecule has 0 aliphatic rings. The molecular formula is C13H9F2N3O2. The first-order valence-electron chi connectivity index (χ1n) is 5.71. The van der Waals surface area contributed by atoms with Gasteiger partial charge in [-0.15, -0.1) is 0 Å². The maximum atomic E-state index is 13.8. The zero-order valence-corrected chi connectivity index (χ0v) is 10.3. The minimum Gasteiger partial charge on any atom is -0.507 e. The molecule has 1 aromatic carbocycles. The largest absolute Gasteiger partial charge is 0.507 e. The number of fused-ring (bicyclic) bond motifs is 1. The zero-order valence-electron chi connectivity index (χ0n) is 10.3. The topological polar surface area (TPSA) is 60.1 Å². The van der Waals surface area contributed by atoms with E-state index in [4.69, 9.17) is 0 Å². The molecule has 5 nitrogen and oxygen atoms in total. The molecule has 0 saturated carbocycles. The van der Waals surface area contributed by atoms with E-state index in [9.17, 15) is 18.7 Å². The number of pyridine rings is 1. The van der Waals surface area contributed by atoms with Crippen LogP contribution >= 0.6 is 0 Å². The smallest absolute Gasteiger partial charge is 0.255 e. The van der Waals surface area contributed by atoms with E-state index in [1.165, 1.54) is 23.9 Å². The van der Waals surface area contributed by atoms with Crippen LogP contribution in [0, 0.1) is 11.6 Å². The van der Waals surface area contributed by atoms with Crippen molar-refractivity contribution >= 4 is 11.0 Å². The van der Waals surface area contributed by atoms with E-state index in [-0.39, 0.29) is 17.1 Å². The highest BCUT2D eigenvalue weighted by Crippen LogP contribution is 2.25. The molecule has 0 aliphatic carbocycles. The second kappa shape index (κ2) is 4.16. The van der Waals surface area contributed by atoms with Crippen LogP contribution in [0.3, 0.4) is 0 Å². The van der Waals surface area contributed by atoms with Crippen LogP contribution in [-0.4, -0.2) is 19.5 Å². The van der Waals surface area contributed by atoms with Crippen molar-refractivity contribution in [3.8, 4) is 11.4 Å². The van der Waals surface area contributed by atoms with Crippen molar-refractivity contribution in [1.29, 1.82) is 0 Å². The second-order valence-corrected chi connectivity index (χ2v) is 4.32. The Bertz CT molecular complexity index is 883. The Morgan fingerprint density at radius 2 is 2.00 bits per heavy atom. The Labute approximate surface area is 111 Å². The molecule has 0 saturated heterocycles. The number of nitrogens with zero attached hydrogens (tertiary/aromatic N) is 3. The predicted octanol–water partition coefficient (Wildman–Crippen LogP) is 1.71. The molecule has 7 heteroatoms. The van der Waals surface area contributed by atoms with Crippen LogP contribution in [0.4, 0.5) is 8.78 Å². The summed E-state index contributed by atoms with van der Waals surface area (Å²) < 4.78 is 29.1. The molecule has 0 fully saturated rings. The number of halogens is 2. The number of aromatic hydroxyl groups is 1. The maximum absolute atomic E-state index is 13.8. The molecule has 2 aromatic heterocycles. The van der Waals surface area contributed by atoms with Gasteiger partial charge in [-0.3, -0.25) is 9.36 Å². The molecule has 0 atom stereocenters. The summed E-state index contributed by atoms with van der Waals surface area (Å²) in [5.74, 6) is -1.76. The standard InChI is InChI=1S/C13H9F2N3O2/c1-17-12(20)5-11(19)8-6-16-18(13(8)17)10-3-2-7(14)4-9(10)15/h2-6,19H,1H3. The van der Waals surface area contributed by atoms with Crippen molar-refractivity contribution < 1.29 is 13.9 Å². The lowest BCUT2D eigenvalue weighted by molar-refractivity contribution is 0.479. The summed E-state index contributed by atoms with van der Waals surface area (Å²) in [5.41, 5.74) is -0.248. The van der Waals surface area contributed by atoms with Crippen LogP contribution in [0.15, 0.2) is 35.3 Å². The van der Waals surface area contributed by atoms with Gasteiger partial charge < -0.3 is 5.11 Å². The highest BCUT2D eigenvalue weighted by Gasteiger charge is 2.15. The lowest BCUT2D eigenvalue weighted by Gasteiger charge is -2.08. The first-order chi connectivity index (χ1) is 9.49. The van der Waals surface area contributed by atoms with Crippen LogP contribution in [0.5, 0.6) is 5.75 Å². The normalized spacial score (nSPS) is 11.2. The lowest BCUT2D eigenvalue weighted by Crippen LogP contribution is -2.18. The van der Waals surface area contributed by atoms with Crippen LogP contribution in [-0.2, 0) is 7.05 Å². The molecule has 0 aliphatic heterocycles. The summed E-state index contributed by atoms with van der Waals surface area (Å²) in [7, 11) is 1.48. The van der Waals surface area contributed by atoms with E-state index in [1.54, 1.807) is 0 Å². The third-order valence-electron chi connectivity index (χ3n) is 3.07. The van der Waals surface area contributed by atoms with Gasteiger partial charge in [-0.2, -0.15) is 5.10 Å². The zero-order chi connectivity index (χ0) is 14.4. The Kier molecular flexibility index (Phi) is 2.56. The summed E-state index contributed by atoms with van der Waals surface area (Å²) in [6.45, 7) is 0. The Balaban J connectivity index is 2.41. The van der Waals surface area contributed by atoms with E-state index in [0.29, 0.717) is 5.39 Å². The molecule has 0 bridgehead atoms. The van der Waals surface area contributed by atoms with Crippen LogP contribution < -0.4 is 5.56 Å². The lowest BCUT2D eigenvalue weighted by atomic mass is 10.3. The van der Waals surface area contributed by atoms with Crippen LogP contribution in [0.25, 0.3) is 16.7 Å². The summed E-state index contributed by atoms with van der Waals surface area (Å²) >= 11 is 0. The fourth-order valence-electron chi connectivity index (χ4n) is 2.07. The van der Waals surface area contributed by atoms with Crippen molar-refractivity contribution in [3.63, 3.8) is 0 Å². The Morgan fingerprint density at radius 1 is 1.25 bits per heavy atom. The summed E-state index contributed by atoms with van der Waals surface area (Å²) in [4.78, 5) is 11.7. The van der Waals surface area contributed by atoms with Crippen LogP contribution in [0.2, 0.25) is 0 Å². The van der Waals surface area contributed by atoms with Gasteiger partial charge in [-0.05, 0) is 12.1 Å². The Hall–Kier alpha value is -2.70. The van der Waals surface area contributed by atoms with E-state index < -0.39 is 17.2 Å². The highest BCUT2D eigenvalue weighted by molar-refractivity contribution is 5.83. The van der Waals surface area contributed by atoms with E-state index in [0.717, 1.165) is 22.9 Å². The van der Waals surface area contributed by atoms with E-state index >= 15 is 0 Å². The van der Waals surface area contributed by atoms with Gasteiger partial charge in [0.2, 0.25) is 0 Å². The summed E-state index contributed by atoms with van der Waals surface area (Å²) in [6, 6.07) is 4.08. The average molecular weight is 277 g/mol. The first kappa shape index (κ1) is 12.3. The molecule has 0 unspecified atom stereocenters. The third-order valence-corrected chi connectivity index (χ3v) is 3.07. The number of hydrogen-bond donors (Lipinski definition) is 1. The quantitative estimate of drug-likeness (QED) is 0.736. The fraction of sp³-hybridized carbons (Fsp3) is 0.0769. The third kappa shape index (κ3) is 1.67. The number of aromatic nitrogens is 3. The molecule has 1 N–H and O–H groups in total. The van der Waals surface area contributed by atoms with Crippen molar-refractivity contribution in [3.05, 3.63) is 52.5 Å². The van der Waals surface area contributed by atoms with Gasteiger partial charge in [0.15, 0.2) is 5.82 Å². The SMILES string of the molecule is Cn1c(=O)cc(O)c2cnn(-c3ccc(F)cc3F)c21. The van der Waals surface area contributed by atoms with Crippen molar-refractivity contribution in [1.82, 2.24) is 14.3 Å². The summed E-state index contributed by atoms with van der Waals surface area (Å²) in [6.07, 6.45) is 1.31. The molecule has 2 heterocycles. The van der Waals surface area contributed by atoms with E-state index in [2.05, 4.69) is 5.10 Å². The molecule has 3 rings (SSSR count). The number of benzene rings is 1. The van der Waals surface area contributed by atoms with Gasteiger partial charge in [-0.25, -0.2) is 13.5 Å². The molecule has 0 radical (unpaired) electrons. The van der Waals surface area contributed by atoms with Gasteiger partial charge in [0.05, 0.1) is 11.6 Å².